The largest absolute Gasteiger partial charge is 0.354 e. The third-order valence-corrected chi connectivity index (χ3v) is 7.66. The molecule has 0 bridgehead atoms. The van der Waals surface area contributed by atoms with Gasteiger partial charge in [0.1, 0.15) is 11.6 Å². The van der Waals surface area contributed by atoms with Gasteiger partial charge in [-0.2, -0.15) is 0 Å². The standard InChI is InChI=1S/C26H39N3O/c30-25(24-7-1-2-8-24)9-5-6-22-11-13-23(14-12-22)15-17-28-18-20-29(21-19-28)26-10-3-4-16-27-26/h1-4,10,16,22-24H,5-9,11-15,17-21H2. The van der Waals surface area contributed by atoms with Crippen LogP contribution in [-0.4, -0.2) is 48.4 Å². The normalized spacial score (nSPS) is 25.7. The fourth-order valence-corrected chi connectivity index (χ4v) is 5.56. The molecule has 4 rings (SSSR count). The summed E-state index contributed by atoms with van der Waals surface area (Å²) in [7, 11) is 0. The molecular formula is C26H39N3O. The molecular weight excluding hydrogens is 370 g/mol. The molecule has 1 saturated heterocycles. The molecule has 0 atom stereocenters. The van der Waals surface area contributed by atoms with Crippen LogP contribution in [0.3, 0.4) is 0 Å². The highest BCUT2D eigenvalue weighted by molar-refractivity contribution is 5.81. The van der Waals surface area contributed by atoms with Crippen molar-refractivity contribution < 1.29 is 4.79 Å². The van der Waals surface area contributed by atoms with Gasteiger partial charge in [-0.05, 0) is 56.2 Å². The maximum atomic E-state index is 12.2. The van der Waals surface area contributed by atoms with Gasteiger partial charge in [-0.25, -0.2) is 4.98 Å². The summed E-state index contributed by atoms with van der Waals surface area (Å²) >= 11 is 0. The van der Waals surface area contributed by atoms with Crippen molar-refractivity contribution in [1.29, 1.82) is 0 Å². The van der Waals surface area contributed by atoms with Crippen LogP contribution in [0.15, 0.2) is 36.5 Å². The smallest absolute Gasteiger partial charge is 0.136 e. The molecule has 0 N–H and O–H groups in total. The summed E-state index contributed by atoms with van der Waals surface area (Å²) in [6.07, 6.45) is 18.4. The van der Waals surface area contributed by atoms with Crippen LogP contribution in [0, 0.1) is 17.8 Å². The predicted molar refractivity (Wildman–Crippen MR) is 124 cm³/mol. The SMILES string of the molecule is O=C(CCCC1CCC(CCN2CCN(c3ccccn3)CC2)CC1)C1CC=CC1. The van der Waals surface area contributed by atoms with Gasteiger partial charge in [0.15, 0.2) is 0 Å². The van der Waals surface area contributed by atoms with Crippen LogP contribution < -0.4 is 4.90 Å². The molecule has 2 heterocycles. The third kappa shape index (κ3) is 6.16. The van der Waals surface area contributed by atoms with Gasteiger partial charge in [0.25, 0.3) is 0 Å². The minimum atomic E-state index is 0.312. The molecule has 4 heteroatoms. The van der Waals surface area contributed by atoms with E-state index in [1.54, 1.807) is 0 Å². The topological polar surface area (TPSA) is 36.4 Å². The highest BCUT2D eigenvalue weighted by Crippen LogP contribution is 2.34. The van der Waals surface area contributed by atoms with Crippen LogP contribution in [0.1, 0.15) is 64.2 Å². The van der Waals surface area contributed by atoms with Crippen molar-refractivity contribution in [1.82, 2.24) is 9.88 Å². The zero-order valence-corrected chi connectivity index (χ0v) is 18.6. The van der Waals surface area contributed by atoms with Crippen molar-refractivity contribution in [3.8, 4) is 0 Å². The van der Waals surface area contributed by atoms with Crippen LogP contribution in [0.5, 0.6) is 0 Å². The van der Waals surface area contributed by atoms with E-state index in [1.807, 2.05) is 12.3 Å². The van der Waals surface area contributed by atoms with Crippen LogP contribution in [0.2, 0.25) is 0 Å². The number of hydrogen-bond donors (Lipinski definition) is 0. The van der Waals surface area contributed by atoms with Gasteiger partial charge >= 0.3 is 0 Å². The molecule has 3 aliphatic rings. The number of allylic oxidation sites excluding steroid dienone is 2. The van der Waals surface area contributed by atoms with Crippen molar-refractivity contribution in [2.75, 3.05) is 37.6 Å². The van der Waals surface area contributed by atoms with Gasteiger partial charge in [-0.1, -0.05) is 50.3 Å². The zero-order valence-electron chi connectivity index (χ0n) is 18.6. The van der Waals surface area contributed by atoms with E-state index in [0.29, 0.717) is 11.7 Å². The number of anilines is 1. The average Bonchev–Trinajstić information content (AvgIpc) is 3.35. The molecule has 0 unspecified atom stereocenters. The Hall–Kier alpha value is -1.68. The number of carbonyl (C=O) groups is 1. The summed E-state index contributed by atoms with van der Waals surface area (Å²) < 4.78 is 0. The summed E-state index contributed by atoms with van der Waals surface area (Å²) in [5.74, 6) is 3.74. The molecule has 1 aliphatic heterocycles. The van der Waals surface area contributed by atoms with Crippen LogP contribution in [-0.2, 0) is 4.79 Å². The monoisotopic (exact) mass is 409 g/mol. The summed E-state index contributed by atoms with van der Waals surface area (Å²) in [6, 6.07) is 6.19. The molecule has 1 aromatic heterocycles. The lowest BCUT2D eigenvalue weighted by Gasteiger charge is -2.36. The highest BCUT2D eigenvalue weighted by Gasteiger charge is 2.24. The molecule has 0 radical (unpaired) electrons. The lowest BCUT2D eigenvalue weighted by atomic mass is 9.78. The molecule has 30 heavy (non-hydrogen) atoms. The summed E-state index contributed by atoms with van der Waals surface area (Å²) in [6.45, 7) is 5.78. The van der Waals surface area contributed by atoms with Crippen molar-refractivity contribution in [3.05, 3.63) is 36.5 Å². The molecule has 0 aromatic carbocycles. The number of carbonyl (C=O) groups excluding carboxylic acids is 1. The summed E-state index contributed by atoms with van der Waals surface area (Å²) in [5, 5.41) is 0. The first-order valence-corrected chi connectivity index (χ1v) is 12.3. The number of pyridine rings is 1. The van der Waals surface area contributed by atoms with Gasteiger partial charge in [-0.15, -0.1) is 0 Å². The van der Waals surface area contributed by atoms with E-state index in [1.165, 1.54) is 45.1 Å². The average molecular weight is 410 g/mol. The van der Waals surface area contributed by atoms with E-state index >= 15 is 0 Å². The maximum Gasteiger partial charge on any atom is 0.136 e. The molecule has 1 saturated carbocycles. The minimum absolute atomic E-state index is 0.312. The second-order valence-corrected chi connectivity index (χ2v) is 9.69. The highest BCUT2D eigenvalue weighted by atomic mass is 16.1. The Morgan fingerprint density at radius 2 is 1.63 bits per heavy atom. The van der Waals surface area contributed by atoms with Crippen LogP contribution >= 0.6 is 0 Å². The minimum Gasteiger partial charge on any atom is -0.354 e. The fourth-order valence-electron chi connectivity index (χ4n) is 5.56. The molecule has 0 amide bonds. The Kier molecular flexibility index (Phi) is 7.96. The molecule has 4 nitrogen and oxygen atoms in total. The molecule has 2 fully saturated rings. The Bertz CT molecular complexity index is 665. The van der Waals surface area contributed by atoms with Crippen LogP contribution in [0.4, 0.5) is 5.82 Å². The third-order valence-electron chi connectivity index (χ3n) is 7.66. The van der Waals surface area contributed by atoms with Crippen molar-refractivity contribution >= 4 is 11.6 Å². The quantitative estimate of drug-likeness (QED) is 0.531. The number of aromatic nitrogens is 1. The van der Waals surface area contributed by atoms with E-state index < -0.39 is 0 Å². The van der Waals surface area contributed by atoms with Crippen LogP contribution in [0.25, 0.3) is 0 Å². The van der Waals surface area contributed by atoms with E-state index in [0.717, 1.165) is 69.5 Å². The second kappa shape index (κ2) is 11.1. The Morgan fingerprint density at radius 3 is 2.30 bits per heavy atom. The molecule has 2 aliphatic carbocycles. The number of nitrogens with zero attached hydrogens (tertiary/aromatic N) is 3. The lowest BCUT2D eigenvalue weighted by molar-refractivity contribution is -0.122. The number of ketones is 1. The predicted octanol–water partition coefficient (Wildman–Crippen LogP) is 5.11. The van der Waals surface area contributed by atoms with E-state index in [4.69, 9.17) is 0 Å². The molecule has 164 valence electrons. The summed E-state index contributed by atoms with van der Waals surface area (Å²) in [4.78, 5) is 21.8. The number of hydrogen-bond acceptors (Lipinski definition) is 4. The zero-order chi connectivity index (χ0) is 20.6. The summed E-state index contributed by atoms with van der Waals surface area (Å²) in [5.41, 5.74) is 0. The maximum absolute atomic E-state index is 12.2. The molecule has 0 spiro atoms. The van der Waals surface area contributed by atoms with E-state index in [-0.39, 0.29) is 0 Å². The first kappa shape index (κ1) is 21.5. The fraction of sp³-hybridized carbons (Fsp3) is 0.692. The first-order chi connectivity index (χ1) is 14.8. The Labute approximate surface area is 182 Å². The van der Waals surface area contributed by atoms with Crippen molar-refractivity contribution in [2.24, 2.45) is 17.8 Å². The number of rotatable bonds is 9. The first-order valence-electron chi connectivity index (χ1n) is 12.3. The van der Waals surface area contributed by atoms with Gasteiger partial charge in [0, 0.05) is 44.7 Å². The molecule has 1 aromatic rings. The van der Waals surface area contributed by atoms with E-state index in [2.05, 4.69) is 39.1 Å². The second-order valence-electron chi connectivity index (χ2n) is 9.69. The lowest BCUT2D eigenvalue weighted by Crippen LogP contribution is -2.47. The van der Waals surface area contributed by atoms with Gasteiger partial charge in [0.05, 0.1) is 0 Å². The Balaban J connectivity index is 1.06. The van der Waals surface area contributed by atoms with Crippen molar-refractivity contribution in [3.63, 3.8) is 0 Å². The van der Waals surface area contributed by atoms with E-state index in [9.17, 15) is 4.79 Å². The Morgan fingerprint density at radius 1 is 0.933 bits per heavy atom. The number of piperazine rings is 1. The van der Waals surface area contributed by atoms with Gasteiger partial charge < -0.3 is 4.90 Å². The number of Topliss-reactive ketones (excluding diaryl/α,β-unsaturated/α-hetero) is 1. The van der Waals surface area contributed by atoms with Crippen molar-refractivity contribution in [2.45, 2.75) is 64.2 Å². The van der Waals surface area contributed by atoms with Gasteiger partial charge in [-0.3, -0.25) is 9.69 Å². The van der Waals surface area contributed by atoms with Gasteiger partial charge in [0.2, 0.25) is 0 Å².